The van der Waals surface area contributed by atoms with E-state index in [2.05, 4.69) is 47.2 Å². The molecule has 0 radical (unpaired) electrons. The molecule has 0 bridgehead atoms. The number of rotatable bonds is 12. The maximum atomic E-state index is 13.2. The van der Waals surface area contributed by atoms with E-state index in [9.17, 15) is 9.59 Å². The Hall–Kier alpha value is -5.76. The van der Waals surface area contributed by atoms with E-state index in [1.165, 1.54) is 5.56 Å². The van der Waals surface area contributed by atoms with Crippen LogP contribution in [-0.2, 0) is 28.1 Å². The van der Waals surface area contributed by atoms with E-state index in [4.69, 9.17) is 9.47 Å². The van der Waals surface area contributed by atoms with Gasteiger partial charge in [-0.1, -0.05) is 116 Å². The maximum Gasteiger partial charge on any atom is 0.433 e. The molecule has 1 atom stereocenters. The largest absolute Gasteiger partial charge is 0.443 e. The monoisotopic (exact) mass is 614 g/mol. The topological polar surface area (TPSA) is 91.9 Å². The summed E-state index contributed by atoms with van der Waals surface area (Å²) in [7, 11) is 0. The number of carbonyl (C=O) groups is 2. The van der Waals surface area contributed by atoms with Gasteiger partial charge in [0.05, 0.1) is 5.69 Å². The van der Waals surface area contributed by atoms with Gasteiger partial charge in [-0.2, -0.15) is 5.01 Å². The van der Waals surface area contributed by atoms with Crippen molar-refractivity contribution in [3.8, 4) is 0 Å². The van der Waals surface area contributed by atoms with Gasteiger partial charge < -0.3 is 20.1 Å². The number of nitrogens with zero attached hydrogens (tertiary/aromatic N) is 1. The maximum absolute atomic E-state index is 13.2. The summed E-state index contributed by atoms with van der Waals surface area (Å²) in [6.07, 6.45) is -1.53. The predicted octanol–water partition coefficient (Wildman–Crippen LogP) is 8.15. The van der Waals surface area contributed by atoms with E-state index >= 15 is 0 Å². The third-order valence-corrected chi connectivity index (χ3v) is 7.54. The highest BCUT2D eigenvalue weighted by Crippen LogP contribution is 2.26. The molecule has 0 heterocycles. The fourth-order valence-corrected chi connectivity index (χ4v) is 4.83. The summed E-state index contributed by atoms with van der Waals surface area (Å²) in [4.78, 5) is 26.0. The van der Waals surface area contributed by atoms with Gasteiger partial charge in [0.2, 0.25) is 0 Å². The molecule has 0 aliphatic rings. The van der Waals surface area contributed by atoms with Gasteiger partial charge in [0.15, 0.2) is 0 Å². The third kappa shape index (κ3) is 9.12. The first kappa shape index (κ1) is 31.7. The third-order valence-electron chi connectivity index (χ3n) is 7.54. The Balaban J connectivity index is 1.27. The Morgan fingerprint density at radius 1 is 0.587 bits per heavy atom. The van der Waals surface area contributed by atoms with Gasteiger partial charge in [-0.05, 0) is 53.1 Å². The molecule has 5 aromatic rings. The summed E-state index contributed by atoms with van der Waals surface area (Å²) in [5.41, 5.74) is 7.48. The first-order valence-electron chi connectivity index (χ1n) is 15.2. The number of benzene rings is 5. The van der Waals surface area contributed by atoms with Crippen molar-refractivity contribution in [2.45, 2.75) is 25.6 Å². The summed E-state index contributed by atoms with van der Waals surface area (Å²) in [6.45, 7) is 3.67. The smallest absolute Gasteiger partial charge is 0.433 e. The Morgan fingerprint density at radius 2 is 1.04 bits per heavy atom. The second-order valence-electron chi connectivity index (χ2n) is 11.1. The van der Waals surface area contributed by atoms with Crippen LogP contribution in [0.15, 0.2) is 146 Å². The van der Waals surface area contributed by atoms with E-state index in [0.29, 0.717) is 18.8 Å². The SMILES string of the molecule is C[C@](CNc1ccccc1)(CNc1ccc(N(NC(=O)OCc2ccccc2)C(=O)OCc2ccccc2)cc1)c1ccccc1. The van der Waals surface area contributed by atoms with Crippen molar-refractivity contribution in [3.05, 3.63) is 162 Å². The summed E-state index contributed by atoms with van der Waals surface area (Å²) in [5.74, 6) is 0. The molecule has 46 heavy (non-hydrogen) atoms. The summed E-state index contributed by atoms with van der Waals surface area (Å²) >= 11 is 0. The zero-order chi connectivity index (χ0) is 32.0. The molecule has 234 valence electrons. The fraction of sp³-hybridized carbons (Fsp3) is 0.158. The van der Waals surface area contributed by atoms with Crippen LogP contribution in [0.25, 0.3) is 0 Å². The molecule has 0 spiro atoms. The van der Waals surface area contributed by atoms with Crippen molar-refractivity contribution in [3.63, 3.8) is 0 Å². The molecule has 8 heteroatoms. The molecule has 5 aromatic carbocycles. The van der Waals surface area contributed by atoms with Crippen molar-refractivity contribution >= 4 is 29.2 Å². The minimum absolute atomic E-state index is 0.0473. The van der Waals surface area contributed by atoms with E-state index in [1.54, 1.807) is 12.1 Å². The highest BCUT2D eigenvalue weighted by atomic mass is 16.6. The van der Waals surface area contributed by atoms with E-state index in [-0.39, 0.29) is 18.6 Å². The quantitative estimate of drug-likeness (QED) is 0.123. The minimum atomic E-state index is -0.785. The highest BCUT2D eigenvalue weighted by Gasteiger charge is 2.27. The molecule has 8 nitrogen and oxygen atoms in total. The highest BCUT2D eigenvalue weighted by molar-refractivity contribution is 5.90. The van der Waals surface area contributed by atoms with Gasteiger partial charge in [-0.15, -0.1) is 0 Å². The van der Waals surface area contributed by atoms with Crippen molar-refractivity contribution < 1.29 is 19.1 Å². The van der Waals surface area contributed by atoms with Gasteiger partial charge in [0.25, 0.3) is 0 Å². The van der Waals surface area contributed by atoms with Crippen LogP contribution in [-0.4, -0.2) is 25.3 Å². The number of hydrazine groups is 1. The molecule has 0 saturated carbocycles. The second-order valence-corrected chi connectivity index (χ2v) is 11.1. The zero-order valence-corrected chi connectivity index (χ0v) is 25.8. The molecule has 0 unspecified atom stereocenters. The lowest BCUT2D eigenvalue weighted by Gasteiger charge is -2.32. The Bertz CT molecular complexity index is 1650. The lowest BCUT2D eigenvalue weighted by atomic mass is 9.82. The van der Waals surface area contributed by atoms with Crippen LogP contribution in [0.2, 0.25) is 0 Å². The molecular weight excluding hydrogens is 576 g/mol. The summed E-state index contributed by atoms with van der Waals surface area (Å²) < 4.78 is 10.9. The number of amides is 2. The molecule has 2 amide bonds. The lowest BCUT2D eigenvalue weighted by molar-refractivity contribution is 0.126. The Kier molecular flexibility index (Phi) is 10.9. The van der Waals surface area contributed by atoms with Crippen LogP contribution in [0.1, 0.15) is 23.6 Å². The second kappa shape index (κ2) is 15.8. The van der Waals surface area contributed by atoms with Crippen LogP contribution in [0.4, 0.5) is 26.7 Å². The van der Waals surface area contributed by atoms with Gasteiger partial charge in [0, 0.05) is 29.9 Å². The van der Waals surface area contributed by atoms with E-state index < -0.39 is 12.2 Å². The number of anilines is 3. The Labute approximate surface area is 270 Å². The number of hydrogen-bond donors (Lipinski definition) is 3. The number of ether oxygens (including phenoxy) is 2. The zero-order valence-electron chi connectivity index (χ0n) is 25.8. The van der Waals surface area contributed by atoms with Gasteiger partial charge in [-0.3, -0.25) is 0 Å². The number of nitrogens with one attached hydrogen (secondary N) is 3. The fourth-order valence-electron chi connectivity index (χ4n) is 4.83. The van der Waals surface area contributed by atoms with Crippen LogP contribution in [0, 0.1) is 0 Å². The molecule has 5 rings (SSSR count). The van der Waals surface area contributed by atoms with Crippen LogP contribution >= 0.6 is 0 Å². The molecule has 0 fully saturated rings. The first-order valence-corrected chi connectivity index (χ1v) is 15.2. The lowest BCUT2D eigenvalue weighted by Crippen LogP contribution is -2.47. The molecule has 3 N–H and O–H groups in total. The van der Waals surface area contributed by atoms with Gasteiger partial charge in [-0.25, -0.2) is 15.0 Å². The average Bonchev–Trinajstić information content (AvgIpc) is 3.12. The standard InChI is InChI=1S/C38H38N4O4/c1-38(32-18-10-4-11-19-32,28-39-33-20-12-5-13-21-33)29-40-34-22-24-35(25-23-34)42(37(44)46-27-31-16-8-3-9-17-31)41-36(43)45-26-30-14-6-2-7-15-30/h2-25,39-40H,26-29H2,1H3,(H,41,43)/t38-/m0/s1. The normalized spacial score (nSPS) is 11.8. The van der Waals surface area contributed by atoms with Crippen LogP contribution in [0.5, 0.6) is 0 Å². The average molecular weight is 615 g/mol. The first-order chi connectivity index (χ1) is 22.5. The number of para-hydroxylation sites is 1. The number of carbonyl (C=O) groups excluding carboxylic acids is 2. The van der Waals surface area contributed by atoms with Crippen molar-refractivity contribution in [1.29, 1.82) is 0 Å². The molecular formula is C38H38N4O4. The molecule has 0 saturated heterocycles. The molecule has 0 aliphatic heterocycles. The van der Waals surface area contributed by atoms with Crippen LogP contribution < -0.4 is 21.1 Å². The molecule has 0 aliphatic carbocycles. The predicted molar refractivity (Wildman–Crippen MR) is 183 cm³/mol. The summed E-state index contributed by atoms with van der Waals surface area (Å²) in [6, 6.07) is 46.4. The van der Waals surface area contributed by atoms with Gasteiger partial charge in [0.1, 0.15) is 13.2 Å². The number of hydrogen-bond acceptors (Lipinski definition) is 6. The minimum Gasteiger partial charge on any atom is -0.443 e. The van der Waals surface area contributed by atoms with Crippen LogP contribution in [0.3, 0.4) is 0 Å². The summed E-state index contributed by atoms with van der Waals surface area (Å²) in [5, 5.41) is 8.18. The van der Waals surface area contributed by atoms with Gasteiger partial charge >= 0.3 is 12.2 Å². The van der Waals surface area contributed by atoms with Crippen molar-refractivity contribution in [2.75, 3.05) is 28.7 Å². The molecule has 0 aromatic heterocycles. The van der Waals surface area contributed by atoms with E-state index in [1.807, 2.05) is 109 Å². The van der Waals surface area contributed by atoms with E-state index in [0.717, 1.165) is 27.5 Å². The van der Waals surface area contributed by atoms with Crippen molar-refractivity contribution in [2.24, 2.45) is 0 Å². The Morgan fingerprint density at radius 3 is 1.59 bits per heavy atom. The van der Waals surface area contributed by atoms with Crippen molar-refractivity contribution in [1.82, 2.24) is 5.43 Å².